The van der Waals surface area contributed by atoms with E-state index in [1.165, 1.54) is 0 Å². The van der Waals surface area contributed by atoms with Crippen LogP contribution in [0.15, 0.2) is 0 Å². The van der Waals surface area contributed by atoms with Gasteiger partial charge in [-0.05, 0) is 19.9 Å². The molecule has 1 saturated heterocycles. The van der Waals surface area contributed by atoms with Crippen LogP contribution in [0.1, 0.15) is 12.8 Å². The highest BCUT2D eigenvalue weighted by molar-refractivity contribution is 4.69. The number of nitrogens with two attached hydrogens (primary N) is 1. The minimum absolute atomic E-state index is 0.467. The molecule has 0 aromatic carbocycles. The van der Waals surface area contributed by atoms with E-state index in [2.05, 4.69) is 11.9 Å². The summed E-state index contributed by atoms with van der Waals surface area (Å²) >= 11 is 0. The van der Waals surface area contributed by atoms with Gasteiger partial charge in [-0.2, -0.15) is 0 Å². The van der Waals surface area contributed by atoms with Crippen molar-refractivity contribution in [2.75, 3.05) is 33.3 Å². The molecule has 2 N–H and O–H groups in total. The van der Waals surface area contributed by atoms with Gasteiger partial charge in [0.05, 0.1) is 12.7 Å². The standard InChI is InChI=1S/C8H18N2O/c1-10-5-2-8(3-6-10)11-7-4-9/h8H,2-7,9H2,1H3. The highest BCUT2D eigenvalue weighted by atomic mass is 16.5. The molecule has 1 fully saturated rings. The van der Waals surface area contributed by atoms with Gasteiger partial charge in [0.1, 0.15) is 0 Å². The Morgan fingerprint density at radius 2 is 2.09 bits per heavy atom. The van der Waals surface area contributed by atoms with Crippen LogP contribution >= 0.6 is 0 Å². The number of ether oxygens (including phenoxy) is 1. The monoisotopic (exact) mass is 158 g/mol. The summed E-state index contributed by atoms with van der Waals surface area (Å²) in [5.74, 6) is 0. The van der Waals surface area contributed by atoms with Crippen LogP contribution in [0.2, 0.25) is 0 Å². The number of hydrogen-bond donors (Lipinski definition) is 1. The van der Waals surface area contributed by atoms with Gasteiger partial charge in [-0.15, -0.1) is 0 Å². The van der Waals surface area contributed by atoms with Gasteiger partial charge in [0.2, 0.25) is 0 Å². The maximum Gasteiger partial charge on any atom is 0.0600 e. The molecule has 0 saturated carbocycles. The fourth-order valence-electron chi connectivity index (χ4n) is 1.39. The molecule has 0 aromatic rings. The molecule has 0 amide bonds. The van der Waals surface area contributed by atoms with Crippen molar-refractivity contribution in [2.24, 2.45) is 5.73 Å². The van der Waals surface area contributed by atoms with Crippen LogP contribution in [0.4, 0.5) is 0 Å². The summed E-state index contributed by atoms with van der Waals surface area (Å²) in [6, 6.07) is 0. The number of piperidine rings is 1. The zero-order chi connectivity index (χ0) is 8.10. The fourth-order valence-corrected chi connectivity index (χ4v) is 1.39. The summed E-state index contributed by atoms with van der Waals surface area (Å²) in [6.45, 7) is 3.69. The molecule has 0 unspecified atom stereocenters. The summed E-state index contributed by atoms with van der Waals surface area (Å²) in [5, 5.41) is 0. The predicted octanol–water partition coefficient (Wildman–Crippen LogP) is 0.0559. The van der Waals surface area contributed by atoms with Crippen LogP contribution in [0, 0.1) is 0 Å². The molecule has 1 aliphatic rings. The van der Waals surface area contributed by atoms with Gasteiger partial charge in [0.15, 0.2) is 0 Å². The van der Waals surface area contributed by atoms with E-state index in [-0.39, 0.29) is 0 Å². The third kappa shape index (κ3) is 3.18. The molecule has 11 heavy (non-hydrogen) atoms. The number of likely N-dealkylation sites (tertiary alicyclic amines) is 1. The normalized spacial score (nSPS) is 22.4. The van der Waals surface area contributed by atoms with Gasteiger partial charge in [0.25, 0.3) is 0 Å². The van der Waals surface area contributed by atoms with Crippen LogP contribution in [-0.4, -0.2) is 44.3 Å². The summed E-state index contributed by atoms with van der Waals surface area (Å²) in [6.07, 6.45) is 2.79. The lowest BCUT2D eigenvalue weighted by Crippen LogP contribution is -2.34. The second kappa shape index (κ2) is 4.70. The van der Waals surface area contributed by atoms with Gasteiger partial charge in [-0.3, -0.25) is 0 Å². The predicted molar refractivity (Wildman–Crippen MR) is 45.5 cm³/mol. The van der Waals surface area contributed by atoms with Crippen LogP contribution in [0.3, 0.4) is 0 Å². The van der Waals surface area contributed by atoms with E-state index in [9.17, 15) is 0 Å². The van der Waals surface area contributed by atoms with Crippen molar-refractivity contribution < 1.29 is 4.74 Å². The number of rotatable bonds is 3. The van der Waals surface area contributed by atoms with Crippen molar-refractivity contribution >= 4 is 0 Å². The summed E-state index contributed by atoms with van der Waals surface area (Å²) in [4.78, 5) is 2.34. The topological polar surface area (TPSA) is 38.5 Å². The molecule has 0 spiro atoms. The molecule has 0 atom stereocenters. The van der Waals surface area contributed by atoms with Crippen molar-refractivity contribution in [1.29, 1.82) is 0 Å². The first-order chi connectivity index (χ1) is 5.33. The Labute approximate surface area is 68.5 Å². The molecule has 0 bridgehead atoms. The Morgan fingerprint density at radius 3 is 2.64 bits per heavy atom. The van der Waals surface area contributed by atoms with E-state index in [0.29, 0.717) is 19.3 Å². The first-order valence-corrected chi connectivity index (χ1v) is 4.33. The van der Waals surface area contributed by atoms with Crippen molar-refractivity contribution in [3.63, 3.8) is 0 Å². The molecule has 0 radical (unpaired) electrons. The van der Waals surface area contributed by atoms with E-state index in [1.54, 1.807) is 0 Å². The van der Waals surface area contributed by atoms with E-state index in [4.69, 9.17) is 10.5 Å². The Kier molecular flexibility index (Phi) is 3.83. The molecule has 3 heteroatoms. The van der Waals surface area contributed by atoms with Gasteiger partial charge in [0, 0.05) is 19.6 Å². The molecule has 1 rings (SSSR count). The van der Waals surface area contributed by atoms with E-state index >= 15 is 0 Å². The molecule has 1 aliphatic heterocycles. The highest BCUT2D eigenvalue weighted by Crippen LogP contribution is 2.11. The Hall–Kier alpha value is -0.120. The summed E-state index contributed by atoms with van der Waals surface area (Å²) in [7, 11) is 2.15. The minimum atomic E-state index is 0.467. The van der Waals surface area contributed by atoms with Crippen molar-refractivity contribution in [3.8, 4) is 0 Å². The molecule has 1 heterocycles. The average Bonchev–Trinajstić information content (AvgIpc) is 2.04. The van der Waals surface area contributed by atoms with Crippen LogP contribution in [0.25, 0.3) is 0 Å². The summed E-state index contributed by atoms with van der Waals surface area (Å²) in [5.41, 5.74) is 5.34. The van der Waals surface area contributed by atoms with E-state index in [0.717, 1.165) is 25.9 Å². The van der Waals surface area contributed by atoms with Gasteiger partial charge < -0.3 is 15.4 Å². The average molecular weight is 158 g/mol. The highest BCUT2D eigenvalue weighted by Gasteiger charge is 2.15. The third-order valence-corrected chi connectivity index (χ3v) is 2.14. The first-order valence-electron chi connectivity index (χ1n) is 4.33. The summed E-state index contributed by atoms with van der Waals surface area (Å²) < 4.78 is 5.53. The number of nitrogens with zero attached hydrogens (tertiary/aromatic N) is 1. The maximum atomic E-state index is 5.53. The lowest BCUT2D eigenvalue weighted by Gasteiger charge is -2.28. The SMILES string of the molecule is CN1CCC(OCCN)CC1. The minimum Gasteiger partial charge on any atom is -0.377 e. The molecule has 0 aliphatic carbocycles. The smallest absolute Gasteiger partial charge is 0.0600 e. The first kappa shape index (κ1) is 8.97. The zero-order valence-corrected chi connectivity index (χ0v) is 7.25. The number of hydrogen-bond acceptors (Lipinski definition) is 3. The lowest BCUT2D eigenvalue weighted by molar-refractivity contribution is 0.0167. The van der Waals surface area contributed by atoms with E-state index < -0.39 is 0 Å². The van der Waals surface area contributed by atoms with Crippen molar-refractivity contribution in [1.82, 2.24) is 4.90 Å². The van der Waals surface area contributed by atoms with Crippen molar-refractivity contribution in [2.45, 2.75) is 18.9 Å². The third-order valence-electron chi connectivity index (χ3n) is 2.14. The van der Waals surface area contributed by atoms with Gasteiger partial charge in [-0.1, -0.05) is 0 Å². The second-order valence-electron chi connectivity index (χ2n) is 3.16. The van der Waals surface area contributed by atoms with Crippen molar-refractivity contribution in [3.05, 3.63) is 0 Å². The molecule has 3 nitrogen and oxygen atoms in total. The Bertz CT molecular complexity index is 97.5. The molecule has 0 aromatic heterocycles. The Morgan fingerprint density at radius 1 is 1.45 bits per heavy atom. The van der Waals surface area contributed by atoms with Crippen LogP contribution < -0.4 is 5.73 Å². The fraction of sp³-hybridized carbons (Fsp3) is 1.00. The molecular formula is C8H18N2O. The molecule has 66 valence electrons. The quantitative estimate of drug-likeness (QED) is 0.631. The van der Waals surface area contributed by atoms with Gasteiger partial charge >= 0.3 is 0 Å². The van der Waals surface area contributed by atoms with Gasteiger partial charge in [-0.25, -0.2) is 0 Å². The van der Waals surface area contributed by atoms with Crippen LogP contribution in [-0.2, 0) is 4.74 Å². The van der Waals surface area contributed by atoms with E-state index in [1.807, 2.05) is 0 Å². The zero-order valence-electron chi connectivity index (χ0n) is 7.25. The second-order valence-corrected chi connectivity index (χ2v) is 3.16. The Balaban J connectivity index is 2.07. The molecular weight excluding hydrogens is 140 g/mol. The van der Waals surface area contributed by atoms with Crippen LogP contribution in [0.5, 0.6) is 0 Å². The maximum absolute atomic E-state index is 5.53. The largest absolute Gasteiger partial charge is 0.377 e. The lowest BCUT2D eigenvalue weighted by atomic mass is 10.1.